The molecule has 3 aromatic rings. The first-order valence-corrected chi connectivity index (χ1v) is 15.9. The molecule has 40 heavy (non-hydrogen) atoms. The SMILES string of the molecule is CCCCN(CCCc1ccccc1)c1ccc(S(=O)(=O)N(CCCC)C(CC)c2ccccc2)cc1[N+](=O)[O-]. The van der Waals surface area contributed by atoms with Crippen molar-refractivity contribution in [2.24, 2.45) is 0 Å². The number of anilines is 1. The van der Waals surface area contributed by atoms with Gasteiger partial charge in [-0.15, -0.1) is 0 Å². The van der Waals surface area contributed by atoms with Crippen LogP contribution in [0, 0.1) is 10.1 Å². The molecule has 216 valence electrons. The monoisotopic (exact) mass is 565 g/mol. The van der Waals surface area contributed by atoms with E-state index in [-0.39, 0.29) is 16.6 Å². The van der Waals surface area contributed by atoms with E-state index in [9.17, 15) is 18.5 Å². The van der Waals surface area contributed by atoms with Gasteiger partial charge in [-0.25, -0.2) is 8.42 Å². The number of nitro benzene ring substituents is 1. The van der Waals surface area contributed by atoms with Crippen LogP contribution in [-0.2, 0) is 16.4 Å². The van der Waals surface area contributed by atoms with Crippen molar-refractivity contribution in [3.63, 3.8) is 0 Å². The van der Waals surface area contributed by atoms with Gasteiger partial charge in [0.2, 0.25) is 10.0 Å². The molecule has 0 saturated carbocycles. The zero-order valence-corrected chi connectivity index (χ0v) is 24.9. The van der Waals surface area contributed by atoms with Gasteiger partial charge in [-0.2, -0.15) is 4.31 Å². The largest absolute Gasteiger partial charge is 0.366 e. The Hall–Kier alpha value is -3.23. The zero-order chi connectivity index (χ0) is 29.0. The van der Waals surface area contributed by atoms with Crippen molar-refractivity contribution in [1.82, 2.24) is 4.31 Å². The lowest BCUT2D eigenvalue weighted by molar-refractivity contribution is -0.384. The molecule has 3 aromatic carbocycles. The summed E-state index contributed by atoms with van der Waals surface area (Å²) < 4.78 is 29.6. The Morgan fingerprint density at radius 3 is 2.00 bits per heavy atom. The number of unbranched alkanes of at least 4 members (excludes halogenated alkanes) is 2. The number of benzene rings is 3. The van der Waals surface area contributed by atoms with Gasteiger partial charge < -0.3 is 4.90 Å². The van der Waals surface area contributed by atoms with E-state index in [0.29, 0.717) is 38.2 Å². The molecule has 0 amide bonds. The number of nitrogens with zero attached hydrogens (tertiary/aromatic N) is 3. The van der Waals surface area contributed by atoms with E-state index in [1.54, 1.807) is 12.1 Å². The number of sulfonamides is 1. The Kier molecular flexibility index (Phi) is 12.2. The van der Waals surface area contributed by atoms with Gasteiger partial charge in [0.25, 0.3) is 5.69 Å². The summed E-state index contributed by atoms with van der Waals surface area (Å²) in [5.74, 6) is 0. The highest BCUT2D eigenvalue weighted by atomic mass is 32.2. The van der Waals surface area contributed by atoms with Crippen LogP contribution in [0.3, 0.4) is 0 Å². The Labute approximate surface area is 240 Å². The van der Waals surface area contributed by atoms with Crippen molar-refractivity contribution in [3.05, 3.63) is 100 Å². The van der Waals surface area contributed by atoms with Crippen molar-refractivity contribution in [2.75, 3.05) is 24.5 Å². The Balaban J connectivity index is 1.96. The van der Waals surface area contributed by atoms with E-state index in [0.717, 1.165) is 37.7 Å². The van der Waals surface area contributed by atoms with Crippen molar-refractivity contribution in [3.8, 4) is 0 Å². The fraction of sp³-hybridized carbons (Fsp3) is 0.438. The Morgan fingerprint density at radius 2 is 1.40 bits per heavy atom. The first kappa shape index (κ1) is 31.3. The number of hydrogen-bond acceptors (Lipinski definition) is 5. The smallest absolute Gasteiger partial charge is 0.293 e. The summed E-state index contributed by atoms with van der Waals surface area (Å²) in [7, 11) is -3.99. The van der Waals surface area contributed by atoms with Crippen molar-refractivity contribution in [2.45, 2.75) is 76.7 Å². The summed E-state index contributed by atoms with van der Waals surface area (Å²) in [6.45, 7) is 7.76. The number of nitro groups is 1. The van der Waals surface area contributed by atoms with Crippen LogP contribution in [-0.4, -0.2) is 37.3 Å². The second-order valence-corrected chi connectivity index (χ2v) is 12.0. The van der Waals surface area contributed by atoms with Crippen LogP contribution in [0.5, 0.6) is 0 Å². The highest BCUT2D eigenvalue weighted by Gasteiger charge is 2.33. The molecular formula is C32H43N3O4S. The number of aryl methyl sites for hydroxylation is 1. The molecule has 0 fully saturated rings. The normalized spacial score (nSPS) is 12.4. The van der Waals surface area contributed by atoms with Crippen molar-refractivity contribution < 1.29 is 13.3 Å². The van der Waals surface area contributed by atoms with E-state index < -0.39 is 14.9 Å². The summed E-state index contributed by atoms with van der Waals surface area (Å²) in [6.07, 6.45) is 5.70. The van der Waals surface area contributed by atoms with Gasteiger partial charge in [-0.3, -0.25) is 10.1 Å². The topological polar surface area (TPSA) is 83.8 Å². The molecule has 1 atom stereocenters. The summed E-state index contributed by atoms with van der Waals surface area (Å²) in [5.41, 5.74) is 2.45. The summed E-state index contributed by atoms with van der Waals surface area (Å²) >= 11 is 0. The standard InChI is InChI=1S/C32H43N3O4S/c1-4-7-23-33(24-15-18-27-16-11-9-12-17-27)31-22-21-29(26-32(31)35(36)37)40(38,39)34(25-8-5-2)30(6-3)28-19-13-10-14-20-28/h9-14,16-17,19-22,26,30H,4-8,15,18,23-25H2,1-3H3. The first-order chi connectivity index (χ1) is 19.3. The molecule has 0 saturated heterocycles. The molecule has 0 spiro atoms. The molecule has 0 aromatic heterocycles. The van der Waals surface area contributed by atoms with Gasteiger partial charge in [-0.05, 0) is 55.4 Å². The fourth-order valence-corrected chi connectivity index (χ4v) is 6.82. The molecule has 0 aliphatic heterocycles. The summed E-state index contributed by atoms with van der Waals surface area (Å²) in [4.78, 5) is 13.9. The molecule has 8 heteroatoms. The van der Waals surface area contributed by atoms with E-state index in [1.807, 2.05) is 67.3 Å². The van der Waals surface area contributed by atoms with Crippen molar-refractivity contribution in [1.29, 1.82) is 0 Å². The van der Waals surface area contributed by atoms with Gasteiger partial charge in [0.05, 0.1) is 9.82 Å². The molecule has 0 aliphatic carbocycles. The molecule has 1 unspecified atom stereocenters. The van der Waals surface area contributed by atoms with Gasteiger partial charge in [-0.1, -0.05) is 94.3 Å². The highest BCUT2D eigenvalue weighted by molar-refractivity contribution is 7.89. The van der Waals surface area contributed by atoms with Crippen LogP contribution in [0.2, 0.25) is 0 Å². The molecule has 7 nitrogen and oxygen atoms in total. The lowest BCUT2D eigenvalue weighted by atomic mass is 10.0. The van der Waals surface area contributed by atoms with E-state index >= 15 is 0 Å². The maximum atomic E-state index is 14.1. The first-order valence-electron chi connectivity index (χ1n) is 14.5. The molecule has 0 aliphatic rings. The average molecular weight is 566 g/mol. The van der Waals surface area contributed by atoms with Crippen LogP contribution >= 0.6 is 0 Å². The van der Waals surface area contributed by atoms with Gasteiger partial charge in [0.15, 0.2) is 0 Å². The van der Waals surface area contributed by atoms with Crippen LogP contribution in [0.1, 0.15) is 76.5 Å². The minimum atomic E-state index is -3.99. The average Bonchev–Trinajstić information content (AvgIpc) is 2.97. The predicted octanol–water partition coefficient (Wildman–Crippen LogP) is 7.78. The lowest BCUT2D eigenvalue weighted by Gasteiger charge is -2.31. The molecule has 0 bridgehead atoms. The minimum Gasteiger partial charge on any atom is -0.366 e. The highest BCUT2D eigenvalue weighted by Crippen LogP contribution is 2.35. The van der Waals surface area contributed by atoms with Crippen molar-refractivity contribution >= 4 is 21.4 Å². The van der Waals surface area contributed by atoms with E-state index in [4.69, 9.17) is 0 Å². The fourth-order valence-electron chi connectivity index (χ4n) is 5.07. The Morgan fingerprint density at radius 1 is 0.800 bits per heavy atom. The number of rotatable bonds is 17. The summed E-state index contributed by atoms with van der Waals surface area (Å²) in [5, 5.41) is 12.3. The van der Waals surface area contributed by atoms with Gasteiger partial charge in [0, 0.05) is 31.7 Å². The maximum absolute atomic E-state index is 14.1. The second-order valence-electron chi connectivity index (χ2n) is 10.1. The number of hydrogen-bond donors (Lipinski definition) is 0. The van der Waals surface area contributed by atoms with Crippen LogP contribution in [0.4, 0.5) is 11.4 Å². The molecule has 3 rings (SSSR count). The maximum Gasteiger partial charge on any atom is 0.293 e. The minimum absolute atomic E-state index is 0.0341. The van der Waals surface area contributed by atoms with E-state index in [1.165, 1.54) is 15.9 Å². The second kappa shape index (κ2) is 15.5. The van der Waals surface area contributed by atoms with Crippen LogP contribution < -0.4 is 4.90 Å². The van der Waals surface area contributed by atoms with Gasteiger partial charge in [0.1, 0.15) is 5.69 Å². The molecule has 0 N–H and O–H groups in total. The van der Waals surface area contributed by atoms with Crippen LogP contribution in [0.25, 0.3) is 0 Å². The quantitative estimate of drug-likeness (QED) is 0.123. The summed E-state index contributed by atoms with van der Waals surface area (Å²) in [6, 6.07) is 23.9. The zero-order valence-electron chi connectivity index (χ0n) is 24.0. The third-order valence-corrected chi connectivity index (χ3v) is 9.16. The lowest BCUT2D eigenvalue weighted by Crippen LogP contribution is -2.35. The predicted molar refractivity (Wildman–Crippen MR) is 163 cm³/mol. The molecule has 0 heterocycles. The Bertz CT molecular complexity index is 1300. The molecule has 0 radical (unpaired) electrons. The van der Waals surface area contributed by atoms with Gasteiger partial charge >= 0.3 is 0 Å². The third kappa shape index (κ3) is 8.15. The van der Waals surface area contributed by atoms with E-state index in [2.05, 4.69) is 19.1 Å². The van der Waals surface area contributed by atoms with Crippen LogP contribution in [0.15, 0.2) is 83.8 Å². The third-order valence-electron chi connectivity index (χ3n) is 7.26. The molecular weight excluding hydrogens is 522 g/mol.